The Morgan fingerprint density at radius 1 is 1.35 bits per heavy atom. The fourth-order valence-corrected chi connectivity index (χ4v) is 2.51. The molecule has 1 saturated heterocycles. The lowest BCUT2D eigenvalue weighted by molar-refractivity contribution is -0.137. The number of carbonyl (C=O) groups is 2. The van der Waals surface area contributed by atoms with Gasteiger partial charge in [-0.3, -0.25) is 9.59 Å². The van der Waals surface area contributed by atoms with Gasteiger partial charge >= 0.3 is 0 Å². The van der Waals surface area contributed by atoms with Crippen molar-refractivity contribution in [1.29, 1.82) is 0 Å². The van der Waals surface area contributed by atoms with E-state index in [4.69, 9.17) is 11.5 Å². The predicted molar refractivity (Wildman–Crippen MR) is 74.5 cm³/mol. The van der Waals surface area contributed by atoms with E-state index >= 15 is 0 Å². The molecule has 0 saturated carbocycles. The van der Waals surface area contributed by atoms with Gasteiger partial charge in [-0.2, -0.15) is 0 Å². The van der Waals surface area contributed by atoms with E-state index in [1.807, 2.05) is 18.2 Å². The average Bonchev–Trinajstić information content (AvgIpc) is 2.80. The van der Waals surface area contributed by atoms with Crippen LogP contribution in [0.3, 0.4) is 0 Å². The number of para-hydroxylation sites is 1. The first kappa shape index (κ1) is 14.3. The maximum absolute atomic E-state index is 12.2. The Morgan fingerprint density at radius 3 is 2.70 bits per heavy atom. The smallest absolute Gasteiger partial charge is 0.240 e. The van der Waals surface area contributed by atoms with Gasteiger partial charge in [0.15, 0.2) is 0 Å². The molecule has 1 fully saturated rings. The van der Waals surface area contributed by atoms with E-state index in [1.165, 1.54) is 4.90 Å². The summed E-state index contributed by atoms with van der Waals surface area (Å²) in [7, 11) is 0. The summed E-state index contributed by atoms with van der Waals surface area (Å²) in [5.41, 5.74) is 12.6. The van der Waals surface area contributed by atoms with Crippen molar-refractivity contribution < 1.29 is 14.7 Å². The SMILES string of the molecule is NC(=O)C1CC(O)CN1C(=O)CCc1ccccc1N. The Kier molecular flexibility index (Phi) is 4.24. The summed E-state index contributed by atoms with van der Waals surface area (Å²) in [4.78, 5) is 24.8. The van der Waals surface area contributed by atoms with Gasteiger partial charge in [-0.1, -0.05) is 18.2 Å². The van der Waals surface area contributed by atoms with Crippen molar-refractivity contribution in [3.05, 3.63) is 29.8 Å². The second kappa shape index (κ2) is 5.92. The van der Waals surface area contributed by atoms with Gasteiger partial charge in [0.25, 0.3) is 0 Å². The van der Waals surface area contributed by atoms with Gasteiger partial charge in [0, 0.05) is 25.1 Å². The van der Waals surface area contributed by atoms with Crippen LogP contribution < -0.4 is 11.5 Å². The summed E-state index contributed by atoms with van der Waals surface area (Å²) in [6.45, 7) is 0.163. The van der Waals surface area contributed by atoms with E-state index in [1.54, 1.807) is 6.07 Å². The van der Waals surface area contributed by atoms with Crippen LogP contribution in [0.4, 0.5) is 5.69 Å². The molecule has 2 rings (SSSR count). The van der Waals surface area contributed by atoms with Crippen molar-refractivity contribution in [2.45, 2.75) is 31.4 Å². The summed E-state index contributed by atoms with van der Waals surface area (Å²) < 4.78 is 0. The number of hydrogen-bond acceptors (Lipinski definition) is 4. The van der Waals surface area contributed by atoms with Gasteiger partial charge in [-0.15, -0.1) is 0 Å². The maximum Gasteiger partial charge on any atom is 0.240 e. The molecule has 2 atom stereocenters. The topological polar surface area (TPSA) is 110 Å². The fourth-order valence-electron chi connectivity index (χ4n) is 2.51. The van der Waals surface area contributed by atoms with Crippen LogP contribution in [-0.4, -0.2) is 40.5 Å². The van der Waals surface area contributed by atoms with Crippen molar-refractivity contribution in [1.82, 2.24) is 4.90 Å². The highest BCUT2D eigenvalue weighted by atomic mass is 16.3. The first-order valence-corrected chi connectivity index (χ1v) is 6.59. The largest absolute Gasteiger partial charge is 0.399 e. The van der Waals surface area contributed by atoms with Crippen LogP contribution in [0, 0.1) is 0 Å². The van der Waals surface area contributed by atoms with Crippen LogP contribution in [0.5, 0.6) is 0 Å². The number of anilines is 1. The molecule has 1 aromatic carbocycles. The Balaban J connectivity index is 1.98. The molecule has 1 aromatic rings. The summed E-state index contributed by atoms with van der Waals surface area (Å²) in [5.74, 6) is -0.761. The number of β-amino-alcohol motifs (C(OH)–C–C–N with tert-alkyl or cyclic N) is 1. The van der Waals surface area contributed by atoms with Gasteiger partial charge in [0.2, 0.25) is 11.8 Å². The van der Waals surface area contributed by atoms with Crippen molar-refractivity contribution in [2.24, 2.45) is 5.73 Å². The fraction of sp³-hybridized carbons (Fsp3) is 0.429. The number of likely N-dealkylation sites (tertiary alicyclic amines) is 1. The van der Waals surface area contributed by atoms with E-state index in [0.717, 1.165) is 5.56 Å². The maximum atomic E-state index is 12.2. The summed E-state index contributed by atoms with van der Waals surface area (Å²) in [6, 6.07) is 6.65. The summed E-state index contributed by atoms with van der Waals surface area (Å²) in [5, 5.41) is 9.58. The van der Waals surface area contributed by atoms with Crippen LogP contribution in [-0.2, 0) is 16.0 Å². The van der Waals surface area contributed by atoms with Crippen LogP contribution in [0.25, 0.3) is 0 Å². The number of primary amides is 1. The Morgan fingerprint density at radius 2 is 2.05 bits per heavy atom. The number of benzene rings is 1. The molecule has 2 amide bonds. The molecule has 1 aliphatic heterocycles. The molecule has 1 heterocycles. The van der Waals surface area contributed by atoms with Gasteiger partial charge in [0.1, 0.15) is 6.04 Å². The molecule has 5 N–H and O–H groups in total. The van der Waals surface area contributed by atoms with E-state index in [-0.39, 0.29) is 25.3 Å². The number of nitrogen functional groups attached to an aromatic ring is 1. The van der Waals surface area contributed by atoms with Crippen molar-refractivity contribution in [3.8, 4) is 0 Å². The standard InChI is InChI=1S/C14H19N3O3/c15-11-4-2-1-3-9(11)5-6-13(19)17-8-10(18)7-12(17)14(16)20/h1-4,10,12,18H,5-8,15H2,(H2,16,20). The zero-order valence-electron chi connectivity index (χ0n) is 11.2. The third-order valence-corrected chi connectivity index (χ3v) is 3.59. The van der Waals surface area contributed by atoms with Crippen molar-refractivity contribution >= 4 is 17.5 Å². The van der Waals surface area contributed by atoms with Gasteiger partial charge in [0.05, 0.1) is 6.10 Å². The lowest BCUT2D eigenvalue weighted by Gasteiger charge is -2.22. The first-order chi connectivity index (χ1) is 9.49. The minimum absolute atomic E-state index is 0.163. The lowest BCUT2D eigenvalue weighted by atomic mass is 10.1. The monoisotopic (exact) mass is 277 g/mol. The van der Waals surface area contributed by atoms with Crippen LogP contribution >= 0.6 is 0 Å². The van der Waals surface area contributed by atoms with Gasteiger partial charge in [-0.05, 0) is 18.1 Å². The summed E-state index contributed by atoms with van der Waals surface area (Å²) >= 11 is 0. The quantitative estimate of drug-likeness (QED) is 0.653. The minimum atomic E-state index is -0.703. The van der Waals surface area contributed by atoms with Crippen LogP contribution in [0.2, 0.25) is 0 Å². The number of carbonyl (C=O) groups excluding carboxylic acids is 2. The third kappa shape index (κ3) is 3.08. The lowest BCUT2D eigenvalue weighted by Crippen LogP contribution is -2.43. The van der Waals surface area contributed by atoms with E-state index in [0.29, 0.717) is 12.1 Å². The Bertz CT molecular complexity index is 518. The molecular weight excluding hydrogens is 258 g/mol. The number of nitrogens with two attached hydrogens (primary N) is 2. The molecule has 0 radical (unpaired) electrons. The number of aliphatic hydroxyl groups excluding tert-OH is 1. The van der Waals surface area contributed by atoms with Crippen molar-refractivity contribution in [2.75, 3.05) is 12.3 Å². The summed E-state index contributed by atoms with van der Waals surface area (Å²) in [6.07, 6.45) is 0.279. The van der Waals surface area contributed by atoms with E-state index < -0.39 is 18.1 Å². The Hall–Kier alpha value is -2.08. The molecule has 0 bridgehead atoms. The van der Waals surface area contributed by atoms with Gasteiger partial charge in [-0.25, -0.2) is 0 Å². The second-order valence-electron chi connectivity index (χ2n) is 5.05. The van der Waals surface area contributed by atoms with Crippen molar-refractivity contribution in [3.63, 3.8) is 0 Å². The zero-order chi connectivity index (χ0) is 14.7. The average molecular weight is 277 g/mol. The molecular formula is C14H19N3O3. The highest BCUT2D eigenvalue weighted by molar-refractivity contribution is 5.87. The molecule has 1 aliphatic rings. The van der Waals surface area contributed by atoms with Gasteiger partial charge < -0.3 is 21.5 Å². The first-order valence-electron chi connectivity index (χ1n) is 6.59. The number of nitrogens with zero attached hydrogens (tertiary/aromatic N) is 1. The molecule has 6 nitrogen and oxygen atoms in total. The molecule has 0 spiro atoms. The van der Waals surface area contributed by atoms with Crippen LogP contribution in [0.15, 0.2) is 24.3 Å². The van der Waals surface area contributed by atoms with E-state index in [9.17, 15) is 14.7 Å². The third-order valence-electron chi connectivity index (χ3n) is 3.59. The van der Waals surface area contributed by atoms with E-state index in [2.05, 4.69) is 0 Å². The normalized spacial score (nSPS) is 21.9. The molecule has 108 valence electrons. The number of aliphatic hydroxyl groups is 1. The molecule has 0 aromatic heterocycles. The molecule has 0 aliphatic carbocycles. The molecule has 2 unspecified atom stereocenters. The number of amides is 2. The Labute approximate surface area is 117 Å². The molecule has 20 heavy (non-hydrogen) atoms. The highest BCUT2D eigenvalue weighted by Gasteiger charge is 2.37. The number of hydrogen-bond donors (Lipinski definition) is 3. The predicted octanol–water partition coefficient (Wildman–Crippen LogP) is -0.351. The number of rotatable bonds is 4. The van der Waals surface area contributed by atoms with Crippen LogP contribution in [0.1, 0.15) is 18.4 Å². The number of aryl methyl sites for hydroxylation is 1. The highest BCUT2D eigenvalue weighted by Crippen LogP contribution is 2.20. The minimum Gasteiger partial charge on any atom is -0.399 e. The second-order valence-corrected chi connectivity index (χ2v) is 5.05. The zero-order valence-corrected chi connectivity index (χ0v) is 11.2. The molecule has 6 heteroatoms.